The highest BCUT2D eigenvalue weighted by Crippen LogP contribution is 2.29. The van der Waals surface area contributed by atoms with E-state index in [4.69, 9.17) is 9.47 Å². The van der Waals surface area contributed by atoms with Gasteiger partial charge >= 0.3 is 0 Å². The van der Waals surface area contributed by atoms with Gasteiger partial charge in [0.1, 0.15) is 0 Å². The lowest BCUT2D eigenvalue weighted by molar-refractivity contribution is -0.131. The lowest BCUT2D eigenvalue weighted by Gasteiger charge is -2.34. The Morgan fingerprint density at radius 3 is 2.27 bits per heavy atom. The third-order valence-corrected chi connectivity index (χ3v) is 6.45. The Hall–Kier alpha value is -2.62. The van der Waals surface area contributed by atoms with Crippen molar-refractivity contribution in [1.29, 1.82) is 0 Å². The summed E-state index contributed by atoms with van der Waals surface area (Å²) in [5.74, 6) is 0.501. The lowest BCUT2D eigenvalue weighted by atomic mass is 10.2. The number of hydrogen-bond acceptors (Lipinski definition) is 6. The number of sulfonamides is 1. The van der Waals surface area contributed by atoms with Gasteiger partial charge in [0, 0.05) is 38.8 Å². The number of nitrogens with zero attached hydrogens (tertiary/aromatic N) is 2. The Balaban J connectivity index is 1.52. The molecule has 3 rings (SSSR count). The van der Waals surface area contributed by atoms with Crippen molar-refractivity contribution in [3.8, 4) is 11.5 Å². The maximum absolute atomic E-state index is 12.6. The minimum absolute atomic E-state index is 0.0145. The van der Waals surface area contributed by atoms with Gasteiger partial charge in [-0.15, -0.1) is 0 Å². The SMILES string of the molecule is COc1ccc(S(=O)(=O)NCC(=O)N2CCN(Cc3ccccc3)CC2)cc1OC. The molecule has 0 spiro atoms. The highest BCUT2D eigenvalue weighted by molar-refractivity contribution is 7.89. The number of benzene rings is 2. The molecule has 0 unspecified atom stereocenters. The topological polar surface area (TPSA) is 88.2 Å². The van der Waals surface area contributed by atoms with Crippen LogP contribution in [0.15, 0.2) is 53.4 Å². The summed E-state index contributed by atoms with van der Waals surface area (Å²) in [4.78, 5) is 16.5. The standard InChI is InChI=1S/C21H27N3O5S/c1-28-19-9-8-18(14-20(19)29-2)30(26,27)22-15-21(25)24-12-10-23(11-13-24)16-17-6-4-3-5-7-17/h3-9,14,22H,10-13,15-16H2,1-2H3. The molecule has 0 bridgehead atoms. The molecular formula is C21H27N3O5S. The largest absolute Gasteiger partial charge is 0.493 e. The van der Waals surface area contributed by atoms with Gasteiger partial charge in [-0.25, -0.2) is 13.1 Å². The summed E-state index contributed by atoms with van der Waals surface area (Å²) in [5.41, 5.74) is 1.24. The molecule has 0 atom stereocenters. The second-order valence-electron chi connectivity index (χ2n) is 6.98. The van der Waals surface area contributed by atoms with Crippen LogP contribution in [-0.2, 0) is 21.4 Å². The van der Waals surface area contributed by atoms with E-state index in [-0.39, 0.29) is 17.3 Å². The molecule has 0 radical (unpaired) electrons. The quantitative estimate of drug-likeness (QED) is 0.676. The molecule has 9 heteroatoms. The van der Waals surface area contributed by atoms with Crippen molar-refractivity contribution in [3.63, 3.8) is 0 Å². The summed E-state index contributed by atoms with van der Waals surface area (Å²) in [5, 5.41) is 0. The van der Waals surface area contributed by atoms with Crippen molar-refractivity contribution in [2.45, 2.75) is 11.4 Å². The molecule has 0 saturated carbocycles. The molecule has 1 aliphatic rings. The van der Waals surface area contributed by atoms with Gasteiger partial charge in [0.25, 0.3) is 0 Å². The summed E-state index contributed by atoms with van der Waals surface area (Å²) in [6.45, 7) is 3.21. The smallest absolute Gasteiger partial charge is 0.241 e. The third-order valence-electron chi connectivity index (χ3n) is 5.05. The Kier molecular flexibility index (Phi) is 7.30. The lowest BCUT2D eigenvalue weighted by Crippen LogP contribution is -2.50. The Morgan fingerprint density at radius 2 is 1.63 bits per heavy atom. The Morgan fingerprint density at radius 1 is 0.967 bits per heavy atom. The number of carbonyl (C=O) groups is 1. The van der Waals surface area contributed by atoms with Crippen LogP contribution in [0.5, 0.6) is 11.5 Å². The van der Waals surface area contributed by atoms with Crippen molar-refractivity contribution in [2.24, 2.45) is 0 Å². The van der Waals surface area contributed by atoms with Gasteiger partial charge in [0.15, 0.2) is 11.5 Å². The molecule has 1 fully saturated rings. The van der Waals surface area contributed by atoms with Crippen LogP contribution in [0.3, 0.4) is 0 Å². The van der Waals surface area contributed by atoms with Crippen molar-refractivity contribution >= 4 is 15.9 Å². The second kappa shape index (κ2) is 9.92. The highest BCUT2D eigenvalue weighted by atomic mass is 32.2. The maximum atomic E-state index is 12.6. The van der Waals surface area contributed by atoms with E-state index in [0.717, 1.165) is 19.6 Å². The average molecular weight is 434 g/mol. The van der Waals surface area contributed by atoms with Gasteiger partial charge in [0.2, 0.25) is 15.9 Å². The summed E-state index contributed by atoms with van der Waals surface area (Å²) < 4.78 is 37.8. The van der Waals surface area contributed by atoms with E-state index in [9.17, 15) is 13.2 Å². The van der Waals surface area contributed by atoms with Crippen LogP contribution in [0.25, 0.3) is 0 Å². The van der Waals surface area contributed by atoms with Gasteiger partial charge in [-0.3, -0.25) is 9.69 Å². The number of methoxy groups -OCH3 is 2. The molecule has 1 heterocycles. The number of piperazine rings is 1. The van der Waals surface area contributed by atoms with Crippen LogP contribution in [0, 0.1) is 0 Å². The molecule has 2 aromatic carbocycles. The first-order valence-corrected chi connectivity index (χ1v) is 11.2. The highest BCUT2D eigenvalue weighted by Gasteiger charge is 2.23. The molecular weight excluding hydrogens is 406 g/mol. The second-order valence-corrected chi connectivity index (χ2v) is 8.75. The van der Waals surface area contributed by atoms with E-state index in [2.05, 4.69) is 21.8 Å². The number of nitrogens with one attached hydrogen (secondary N) is 1. The fourth-order valence-corrected chi connectivity index (χ4v) is 4.32. The van der Waals surface area contributed by atoms with Crippen LogP contribution >= 0.6 is 0 Å². The molecule has 1 saturated heterocycles. The van der Waals surface area contributed by atoms with Gasteiger partial charge in [-0.2, -0.15) is 0 Å². The number of rotatable bonds is 8. The van der Waals surface area contributed by atoms with Crippen molar-refractivity contribution in [3.05, 3.63) is 54.1 Å². The Bertz CT molecular complexity index is 958. The molecule has 30 heavy (non-hydrogen) atoms. The zero-order valence-corrected chi connectivity index (χ0v) is 18.0. The normalized spacial score (nSPS) is 15.1. The fourth-order valence-electron chi connectivity index (χ4n) is 3.33. The van der Waals surface area contributed by atoms with Gasteiger partial charge in [-0.05, 0) is 17.7 Å². The van der Waals surface area contributed by atoms with Crippen molar-refractivity contribution in [1.82, 2.24) is 14.5 Å². The molecule has 0 aromatic heterocycles. The number of ether oxygens (including phenoxy) is 2. The maximum Gasteiger partial charge on any atom is 0.241 e. The summed E-state index contributed by atoms with van der Waals surface area (Å²) >= 11 is 0. The van der Waals surface area contributed by atoms with E-state index >= 15 is 0 Å². The number of hydrogen-bond donors (Lipinski definition) is 1. The van der Waals surface area contributed by atoms with E-state index < -0.39 is 10.0 Å². The number of amides is 1. The Labute approximate surface area is 177 Å². The average Bonchev–Trinajstić information content (AvgIpc) is 2.78. The van der Waals surface area contributed by atoms with Gasteiger partial charge in [-0.1, -0.05) is 30.3 Å². The zero-order chi connectivity index (χ0) is 21.6. The van der Waals surface area contributed by atoms with E-state index in [0.29, 0.717) is 24.6 Å². The van der Waals surface area contributed by atoms with Crippen LogP contribution in [0.2, 0.25) is 0 Å². The first kappa shape index (κ1) is 22.1. The molecule has 1 aliphatic heterocycles. The van der Waals surface area contributed by atoms with E-state index in [1.165, 1.54) is 38.0 Å². The summed E-state index contributed by atoms with van der Waals surface area (Å²) in [6, 6.07) is 14.5. The fraction of sp³-hybridized carbons (Fsp3) is 0.381. The molecule has 2 aromatic rings. The molecule has 162 valence electrons. The van der Waals surface area contributed by atoms with Crippen LogP contribution < -0.4 is 14.2 Å². The van der Waals surface area contributed by atoms with Gasteiger partial charge in [0.05, 0.1) is 25.7 Å². The van der Waals surface area contributed by atoms with E-state index in [1.807, 2.05) is 18.2 Å². The predicted octanol–water partition coefficient (Wildman–Crippen LogP) is 1.33. The van der Waals surface area contributed by atoms with Crippen molar-refractivity contribution < 1.29 is 22.7 Å². The predicted molar refractivity (Wildman–Crippen MR) is 113 cm³/mol. The van der Waals surface area contributed by atoms with Gasteiger partial charge < -0.3 is 14.4 Å². The van der Waals surface area contributed by atoms with Crippen LogP contribution in [0.4, 0.5) is 0 Å². The molecule has 1 amide bonds. The van der Waals surface area contributed by atoms with Crippen LogP contribution in [-0.4, -0.2) is 71.1 Å². The minimum atomic E-state index is -3.85. The first-order valence-electron chi connectivity index (χ1n) is 9.68. The first-order chi connectivity index (χ1) is 14.4. The molecule has 8 nitrogen and oxygen atoms in total. The number of carbonyl (C=O) groups excluding carboxylic acids is 1. The van der Waals surface area contributed by atoms with Crippen LogP contribution in [0.1, 0.15) is 5.56 Å². The molecule has 1 N–H and O–H groups in total. The van der Waals surface area contributed by atoms with Crippen molar-refractivity contribution in [2.75, 3.05) is 46.9 Å². The van der Waals surface area contributed by atoms with E-state index in [1.54, 1.807) is 4.90 Å². The minimum Gasteiger partial charge on any atom is -0.493 e. The third kappa shape index (κ3) is 5.50. The summed E-state index contributed by atoms with van der Waals surface area (Å²) in [6.07, 6.45) is 0. The molecule has 0 aliphatic carbocycles. The summed E-state index contributed by atoms with van der Waals surface area (Å²) in [7, 11) is -0.939. The monoisotopic (exact) mass is 433 g/mol. The zero-order valence-electron chi connectivity index (χ0n) is 17.2.